The molecule has 2 unspecified atom stereocenters. The van der Waals surface area contributed by atoms with Crippen LogP contribution in [0.15, 0.2) is 12.7 Å². The van der Waals surface area contributed by atoms with Gasteiger partial charge in [-0.3, -0.25) is 11.3 Å². The lowest BCUT2D eigenvalue weighted by molar-refractivity contribution is 0.155. The quantitative estimate of drug-likeness (QED) is 0.391. The van der Waals surface area contributed by atoms with E-state index >= 15 is 0 Å². The van der Waals surface area contributed by atoms with Gasteiger partial charge in [-0.05, 0) is 24.2 Å². The largest absolute Gasteiger partial charge is 0.271 e. The summed E-state index contributed by atoms with van der Waals surface area (Å²) in [5.41, 5.74) is 2.96. The fourth-order valence-corrected chi connectivity index (χ4v) is 1.63. The van der Waals surface area contributed by atoms with Crippen LogP contribution in [0, 0.1) is 17.3 Å². The van der Waals surface area contributed by atoms with E-state index in [4.69, 9.17) is 5.84 Å². The van der Waals surface area contributed by atoms with Crippen LogP contribution in [0.5, 0.6) is 0 Å². The lowest BCUT2D eigenvalue weighted by Gasteiger charge is -2.39. The highest BCUT2D eigenvalue weighted by atomic mass is 15.2. The van der Waals surface area contributed by atoms with Crippen LogP contribution in [0.4, 0.5) is 0 Å². The molecule has 0 fully saturated rings. The molecule has 0 aliphatic carbocycles. The first kappa shape index (κ1) is 12.7. The minimum atomic E-state index is 0.145. The third-order valence-electron chi connectivity index (χ3n) is 3.68. The zero-order valence-corrected chi connectivity index (χ0v) is 9.59. The molecule has 0 bridgehead atoms. The minimum absolute atomic E-state index is 0.145. The summed E-state index contributed by atoms with van der Waals surface area (Å²) in [5, 5.41) is 0. The molecule has 2 heteroatoms. The summed E-state index contributed by atoms with van der Waals surface area (Å²) in [7, 11) is 0. The molecule has 0 aliphatic rings. The second kappa shape index (κ2) is 4.77. The van der Waals surface area contributed by atoms with E-state index in [1.807, 2.05) is 0 Å². The third-order valence-corrected chi connectivity index (χ3v) is 3.68. The van der Waals surface area contributed by atoms with Gasteiger partial charge in [-0.2, -0.15) is 0 Å². The molecular weight excluding hydrogens is 160 g/mol. The molecule has 0 spiro atoms. The van der Waals surface area contributed by atoms with Gasteiger partial charge < -0.3 is 0 Å². The standard InChI is InChI=1S/C11H24N2/c1-7-11(6,8(2)3)9(4)10(5)13-12/h7-10,13H,1,12H2,2-6H3/t9-,10?,11?/m0/s1. The van der Waals surface area contributed by atoms with Gasteiger partial charge in [-0.25, -0.2) is 0 Å². The Kier molecular flexibility index (Phi) is 4.65. The molecule has 0 rings (SSSR count). The Morgan fingerprint density at radius 1 is 1.31 bits per heavy atom. The van der Waals surface area contributed by atoms with Gasteiger partial charge in [0.2, 0.25) is 0 Å². The summed E-state index contributed by atoms with van der Waals surface area (Å²) in [4.78, 5) is 0. The van der Waals surface area contributed by atoms with Crippen molar-refractivity contribution in [2.45, 2.75) is 40.7 Å². The number of rotatable bonds is 5. The highest BCUT2D eigenvalue weighted by Gasteiger charge is 2.34. The molecule has 0 aliphatic heterocycles. The number of nitrogens with two attached hydrogens (primary N) is 1. The van der Waals surface area contributed by atoms with Gasteiger partial charge in [-0.15, -0.1) is 6.58 Å². The third kappa shape index (κ3) is 2.55. The van der Waals surface area contributed by atoms with Crippen molar-refractivity contribution in [3.63, 3.8) is 0 Å². The van der Waals surface area contributed by atoms with Crippen molar-refractivity contribution in [2.75, 3.05) is 0 Å². The van der Waals surface area contributed by atoms with E-state index in [1.54, 1.807) is 0 Å². The van der Waals surface area contributed by atoms with E-state index in [9.17, 15) is 0 Å². The zero-order chi connectivity index (χ0) is 10.6. The average Bonchev–Trinajstić information content (AvgIpc) is 2.13. The van der Waals surface area contributed by atoms with E-state index in [-0.39, 0.29) is 5.41 Å². The highest BCUT2D eigenvalue weighted by Crippen LogP contribution is 2.38. The Bertz CT molecular complexity index is 165. The summed E-state index contributed by atoms with van der Waals surface area (Å²) in [6.07, 6.45) is 2.05. The van der Waals surface area contributed by atoms with Gasteiger partial charge in [0.15, 0.2) is 0 Å². The summed E-state index contributed by atoms with van der Waals surface area (Å²) in [5.74, 6) is 6.50. The fraction of sp³-hybridized carbons (Fsp3) is 0.818. The van der Waals surface area contributed by atoms with E-state index in [0.717, 1.165) is 0 Å². The zero-order valence-electron chi connectivity index (χ0n) is 9.59. The van der Waals surface area contributed by atoms with Crippen LogP contribution in [0.25, 0.3) is 0 Å². The highest BCUT2D eigenvalue weighted by molar-refractivity contribution is 4.99. The van der Waals surface area contributed by atoms with Gasteiger partial charge in [0.05, 0.1) is 0 Å². The van der Waals surface area contributed by atoms with Crippen LogP contribution in [0.1, 0.15) is 34.6 Å². The van der Waals surface area contributed by atoms with Crippen molar-refractivity contribution >= 4 is 0 Å². The Morgan fingerprint density at radius 3 is 2.00 bits per heavy atom. The number of hydrazine groups is 1. The van der Waals surface area contributed by atoms with E-state index in [2.05, 4.69) is 52.7 Å². The normalized spacial score (nSPS) is 20.8. The average molecular weight is 184 g/mol. The molecule has 0 radical (unpaired) electrons. The van der Waals surface area contributed by atoms with Crippen molar-refractivity contribution < 1.29 is 0 Å². The second-order valence-electron chi connectivity index (χ2n) is 4.47. The topological polar surface area (TPSA) is 38.0 Å². The van der Waals surface area contributed by atoms with Crippen LogP contribution >= 0.6 is 0 Å². The number of hydrogen-bond acceptors (Lipinski definition) is 2. The monoisotopic (exact) mass is 184 g/mol. The Hall–Kier alpha value is -0.340. The molecular formula is C11H24N2. The molecule has 13 heavy (non-hydrogen) atoms. The van der Waals surface area contributed by atoms with Gasteiger partial charge in [0.25, 0.3) is 0 Å². The molecule has 78 valence electrons. The molecule has 0 aromatic heterocycles. The smallest absolute Gasteiger partial charge is 0.0216 e. The predicted octanol–water partition coefficient (Wildman–Crippen LogP) is 2.32. The first-order valence-corrected chi connectivity index (χ1v) is 4.99. The summed E-state index contributed by atoms with van der Waals surface area (Å²) in [6.45, 7) is 14.9. The lowest BCUT2D eigenvalue weighted by Crippen LogP contribution is -2.45. The number of nitrogens with one attached hydrogen (secondary N) is 1. The van der Waals surface area contributed by atoms with Crippen LogP contribution in [0.3, 0.4) is 0 Å². The fourth-order valence-electron chi connectivity index (χ4n) is 1.63. The molecule has 0 aromatic rings. The number of hydrogen-bond donors (Lipinski definition) is 2. The first-order valence-electron chi connectivity index (χ1n) is 4.99. The molecule has 0 heterocycles. The molecule has 3 atom stereocenters. The van der Waals surface area contributed by atoms with Crippen LogP contribution in [-0.2, 0) is 0 Å². The van der Waals surface area contributed by atoms with Gasteiger partial charge in [0, 0.05) is 6.04 Å². The molecule has 0 amide bonds. The summed E-state index contributed by atoms with van der Waals surface area (Å²) in [6, 6.07) is 0.311. The van der Waals surface area contributed by atoms with Crippen LogP contribution in [0.2, 0.25) is 0 Å². The molecule has 0 aromatic carbocycles. The first-order chi connectivity index (χ1) is 5.90. The van der Waals surface area contributed by atoms with Crippen LogP contribution < -0.4 is 11.3 Å². The van der Waals surface area contributed by atoms with Crippen LogP contribution in [-0.4, -0.2) is 6.04 Å². The van der Waals surface area contributed by atoms with Crippen molar-refractivity contribution in [2.24, 2.45) is 23.1 Å². The maximum absolute atomic E-state index is 5.44. The van der Waals surface area contributed by atoms with Crippen molar-refractivity contribution in [3.05, 3.63) is 12.7 Å². The Labute approximate surface area is 82.6 Å². The van der Waals surface area contributed by atoms with Crippen molar-refractivity contribution in [3.8, 4) is 0 Å². The van der Waals surface area contributed by atoms with Gasteiger partial charge in [-0.1, -0.05) is 33.8 Å². The van der Waals surface area contributed by atoms with Gasteiger partial charge >= 0.3 is 0 Å². The Morgan fingerprint density at radius 2 is 1.77 bits per heavy atom. The molecule has 2 nitrogen and oxygen atoms in total. The maximum Gasteiger partial charge on any atom is 0.0216 e. The number of allylic oxidation sites excluding steroid dienone is 1. The Balaban J connectivity index is 4.65. The summed E-state index contributed by atoms with van der Waals surface area (Å²) < 4.78 is 0. The molecule has 0 saturated heterocycles. The molecule has 3 N–H and O–H groups in total. The predicted molar refractivity (Wildman–Crippen MR) is 59.1 cm³/mol. The summed E-state index contributed by atoms with van der Waals surface area (Å²) >= 11 is 0. The molecule has 0 saturated carbocycles. The van der Waals surface area contributed by atoms with Gasteiger partial charge in [0.1, 0.15) is 0 Å². The van der Waals surface area contributed by atoms with E-state index in [0.29, 0.717) is 17.9 Å². The minimum Gasteiger partial charge on any atom is -0.271 e. The SMILES string of the molecule is C=CC(C)(C(C)C)[C@@H](C)C(C)NN. The maximum atomic E-state index is 5.44. The second-order valence-corrected chi connectivity index (χ2v) is 4.47. The lowest BCUT2D eigenvalue weighted by atomic mass is 9.67. The van der Waals surface area contributed by atoms with Crippen molar-refractivity contribution in [1.82, 2.24) is 5.43 Å². The van der Waals surface area contributed by atoms with E-state index < -0.39 is 0 Å². The van der Waals surface area contributed by atoms with E-state index in [1.165, 1.54) is 0 Å². The van der Waals surface area contributed by atoms with Crippen molar-refractivity contribution in [1.29, 1.82) is 0 Å².